The fourth-order valence-corrected chi connectivity index (χ4v) is 1.73. The Balaban J connectivity index is 2.79. The molecule has 0 fully saturated rings. The van der Waals surface area contributed by atoms with Gasteiger partial charge in [0.2, 0.25) is 0 Å². The van der Waals surface area contributed by atoms with E-state index in [4.69, 9.17) is 23.2 Å². The van der Waals surface area contributed by atoms with E-state index in [1.165, 1.54) is 32.2 Å². The number of hydrogen-bond acceptors (Lipinski definition) is 3. The van der Waals surface area contributed by atoms with Crippen molar-refractivity contribution in [1.82, 2.24) is 5.32 Å². The summed E-state index contributed by atoms with van der Waals surface area (Å²) in [5, 5.41) is 3.18. The second-order valence-corrected chi connectivity index (χ2v) is 4.25. The topological polar surface area (TPSA) is 55.4 Å². The third-order valence-corrected chi connectivity index (χ3v) is 2.46. The number of rotatable bonds is 3. The van der Waals surface area contributed by atoms with Crippen molar-refractivity contribution in [3.8, 4) is 0 Å². The Bertz CT molecular complexity index is 428. The van der Waals surface area contributed by atoms with Crippen LogP contribution in [-0.2, 0) is 9.53 Å². The van der Waals surface area contributed by atoms with Gasteiger partial charge in [-0.05, 0) is 25.1 Å². The Hall–Kier alpha value is -1.26. The van der Waals surface area contributed by atoms with Crippen LogP contribution in [0.2, 0.25) is 10.0 Å². The lowest BCUT2D eigenvalue weighted by Gasteiger charge is -2.11. The van der Waals surface area contributed by atoms with Crippen molar-refractivity contribution in [2.24, 2.45) is 0 Å². The van der Waals surface area contributed by atoms with Crippen LogP contribution in [0.3, 0.4) is 0 Å². The summed E-state index contributed by atoms with van der Waals surface area (Å²) in [6.45, 7) is 1.52. The molecule has 17 heavy (non-hydrogen) atoms. The Morgan fingerprint density at radius 2 is 1.76 bits per heavy atom. The summed E-state index contributed by atoms with van der Waals surface area (Å²) in [6, 6.07) is 3.72. The number of halogens is 2. The monoisotopic (exact) mass is 275 g/mol. The molecule has 0 heterocycles. The van der Waals surface area contributed by atoms with Crippen molar-refractivity contribution >= 4 is 35.1 Å². The van der Waals surface area contributed by atoms with Crippen LogP contribution < -0.4 is 5.32 Å². The summed E-state index contributed by atoms with van der Waals surface area (Å²) in [5.74, 6) is -0.959. The second-order valence-electron chi connectivity index (χ2n) is 3.38. The van der Waals surface area contributed by atoms with Crippen molar-refractivity contribution in [1.29, 1.82) is 0 Å². The fourth-order valence-electron chi connectivity index (χ4n) is 1.20. The molecule has 1 rings (SSSR count). The van der Waals surface area contributed by atoms with E-state index in [0.29, 0.717) is 15.6 Å². The molecule has 6 heteroatoms. The van der Waals surface area contributed by atoms with Gasteiger partial charge in [-0.2, -0.15) is 0 Å². The maximum absolute atomic E-state index is 11.7. The fraction of sp³-hybridized carbons (Fsp3) is 0.273. The lowest BCUT2D eigenvalue weighted by molar-refractivity contribution is -0.142. The van der Waals surface area contributed by atoms with Crippen molar-refractivity contribution in [2.75, 3.05) is 7.11 Å². The van der Waals surface area contributed by atoms with Gasteiger partial charge >= 0.3 is 5.97 Å². The minimum absolute atomic E-state index is 0.290. The van der Waals surface area contributed by atoms with E-state index < -0.39 is 17.9 Å². The molecule has 0 spiro atoms. The molecule has 0 radical (unpaired) electrons. The number of carbonyl (C=O) groups excluding carboxylic acids is 2. The first-order chi connectivity index (χ1) is 7.93. The minimum atomic E-state index is -0.731. The van der Waals surface area contributed by atoms with Crippen LogP contribution in [-0.4, -0.2) is 25.0 Å². The van der Waals surface area contributed by atoms with E-state index in [1.807, 2.05) is 0 Å². The van der Waals surface area contributed by atoms with Gasteiger partial charge in [0.15, 0.2) is 0 Å². The predicted octanol–water partition coefficient (Wildman–Crippen LogP) is 2.28. The van der Waals surface area contributed by atoms with Gasteiger partial charge in [0.05, 0.1) is 7.11 Å². The number of methoxy groups -OCH3 is 1. The summed E-state index contributed by atoms with van der Waals surface area (Å²) in [7, 11) is 1.25. The van der Waals surface area contributed by atoms with Crippen LogP contribution >= 0.6 is 23.2 Å². The van der Waals surface area contributed by atoms with Crippen molar-refractivity contribution in [2.45, 2.75) is 13.0 Å². The Kier molecular flexibility index (Phi) is 4.78. The average Bonchev–Trinajstić information content (AvgIpc) is 2.26. The minimum Gasteiger partial charge on any atom is -0.467 e. The van der Waals surface area contributed by atoms with Gasteiger partial charge in [0.25, 0.3) is 5.91 Å². The molecule has 1 aromatic carbocycles. The highest BCUT2D eigenvalue weighted by molar-refractivity contribution is 6.35. The van der Waals surface area contributed by atoms with Crippen LogP contribution in [0, 0.1) is 0 Å². The molecule has 0 bridgehead atoms. The largest absolute Gasteiger partial charge is 0.467 e. The second kappa shape index (κ2) is 5.89. The zero-order valence-corrected chi connectivity index (χ0v) is 10.8. The van der Waals surface area contributed by atoms with E-state index in [0.717, 1.165) is 0 Å². The van der Waals surface area contributed by atoms with Crippen LogP contribution in [0.5, 0.6) is 0 Å². The molecule has 0 aliphatic heterocycles. The van der Waals surface area contributed by atoms with E-state index in [-0.39, 0.29) is 0 Å². The van der Waals surface area contributed by atoms with E-state index >= 15 is 0 Å². The summed E-state index contributed by atoms with van der Waals surface area (Å²) in [6.07, 6.45) is 0. The van der Waals surface area contributed by atoms with Crippen molar-refractivity contribution < 1.29 is 14.3 Å². The molecule has 0 aromatic heterocycles. The lowest BCUT2D eigenvalue weighted by atomic mass is 10.2. The molecule has 92 valence electrons. The molecule has 0 saturated carbocycles. The number of carbonyl (C=O) groups is 2. The average molecular weight is 276 g/mol. The van der Waals surface area contributed by atoms with Crippen LogP contribution in [0.1, 0.15) is 17.3 Å². The number of amides is 1. The summed E-state index contributed by atoms with van der Waals surface area (Å²) in [4.78, 5) is 22.9. The highest BCUT2D eigenvalue weighted by Gasteiger charge is 2.17. The maximum Gasteiger partial charge on any atom is 0.328 e. The third kappa shape index (κ3) is 3.91. The van der Waals surface area contributed by atoms with Gasteiger partial charge in [0.1, 0.15) is 6.04 Å². The third-order valence-electron chi connectivity index (χ3n) is 2.03. The molecule has 1 N–H and O–H groups in total. The molecule has 1 amide bonds. The molecular weight excluding hydrogens is 265 g/mol. The van der Waals surface area contributed by atoms with Crippen molar-refractivity contribution in [3.63, 3.8) is 0 Å². The van der Waals surface area contributed by atoms with Crippen LogP contribution in [0.25, 0.3) is 0 Å². The van der Waals surface area contributed by atoms with Gasteiger partial charge in [-0.3, -0.25) is 4.79 Å². The quantitative estimate of drug-likeness (QED) is 0.862. The number of esters is 1. The van der Waals surface area contributed by atoms with E-state index in [9.17, 15) is 9.59 Å². The number of nitrogens with one attached hydrogen (secondary N) is 1. The van der Waals surface area contributed by atoms with Gasteiger partial charge in [-0.15, -0.1) is 0 Å². The molecule has 0 saturated heterocycles. The lowest BCUT2D eigenvalue weighted by Crippen LogP contribution is -2.39. The molecule has 1 aromatic rings. The van der Waals surface area contributed by atoms with Crippen LogP contribution in [0.15, 0.2) is 18.2 Å². The normalized spacial score (nSPS) is 11.8. The summed E-state index contributed by atoms with van der Waals surface area (Å²) < 4.78 is 4.49. The predicted molar refractivity (Wildman–Crippen MR) is 65.4 cm³/mol. The summed E-state index contributed by atoms with van der Waals surface area (Å²) >= 11 is 11.5. The molecule has 0 aliphatic carbocycles. The first-order valence-electron chi connectivity index (χ1n) is 4.79. The first-order valence-corrected chi connectivity index (χ1v) is 5.54. The molecule has 0 aliphatic rings. The smallest absolute Gasteiger partial charge is 0.328 e. The van der Waals surface area contributed by atoms with Gasteiger partial charge < -0.3 is 10.1 Å². The van der Waals surface area contributed by atoms with Crippen LogP contribution in [0.4, 0.5) is 0 Å². The highest BCUT2D eigenvalue weighted by Crippen LogP contribution is 2.19. The Labute approximate surface area is 109 Å². The number of hydrogen-bond donors (Lipinski definition) is 1. The van der Waals surface area contributed by atoms with Gasteiger partial charge in [-0.25, -0.2) is 4.79 Å². The van der Waals surface area contributed by atoms with Crippen molar-refractivity contribution in [3.05, 3.63) is 33.8 Å². The zero-order chi connectivity index (χ0) is 13.0. The zero-order valence-electron chi connectivity index (χ0n) is 9.29. The Morgan fingerprint density at radius 1 is 1.24 bits per heavy atom. The number of ether oxygens (including phenoxy) is 1. The SMILES string of the molecule is COC(=O)[C@@H](C)NC(=O)c1cc(Cl)cc(Cl)c1. The maximum atomic E-state index is 11.7. The first kappa shape index (κ1) is 13.8. The van der Waals surface area contributed by atoms with E-state index in [1.54, 1.807) is 0 Å². The molecular formula is C11H11Cl2NO3. The Morgan fingerprint density at radius 3 is 2.24 bits per heavy atom. The van der Waals surface area contributed by atoms with E-state index in [2.05, 4.69) is 10.1 Å². The number of benzene rings is 1. The van der Waals surface area contributed by atoms with Gasteiger partial charge in [0, 0.05) is 15.6 Å². The molecule has 4 nitrogen and oxygen atoms in total. The molecule has 0 unspecified atom stereocenters. The molecule has 1 atom stereocenters. The summed E-state index contributed by atoms with van der Waals surface area (Å²) in [5.41, 5.74) is 0.290. The standard InChI is InChI=1S/C11H11Cl2NO3/c1-6(11(16)17-2)14-10(15)7-3-8(12)5-9(13)4-7/h3-6H,1-2H3,(H,14,15)/t6-/m1/s1. The van der Waals surface area contributed by atoms with Gasteiger partial charge in [-0.1, -0.05) is 23.2 Å². The highest BCUT2D eigenvalue weighted by atomic mass is 35.5.